The zero-order valence-electron chi connectivity index (χ0n) is 13.3. The fraction of sp³-hybridized carbons (Fsp3) is 0.158. The Morgan fingerprint density at radius 1 is 1.12 bits per heavy atom. The highest BCUT2D eigenvalue weighted by Gasteiger charge is 2.27. The molecule has 0 saturated carbocycles. The molecule has 2 aromatic carbocycles. The van der Waals surface area contributed by atoms with E-state index in [0.29, 0.717) is 18.0 Å². The Balaban J connectivity index is 1.36. The van der Waals surface area contributed by atoms with Gasteiger partial charge >= 0.3 is 0 Å². The van der Waals surface area contributed by atoms with Crippen LogP contribution < -0.4 is 14.8 Å². The Morgan fingerprint density at radius 3 is 2.72 bits per heavy atom. The van der Waals surface area contributed by atoms with E-state index in [1.165, 1.54) is 0 Å². The number of carbonyl (C=O) groups excluding carboxylic acids is 1. The number of thiazole rings is 1. The van der Waals surface area contributed by atoms with Gasteiger partial charge in [0.1, 0.15) is 11.6 Å². The number of hydrogen-bond acceptors (Lipinski definition) is 5. The largest absolute Gasteiger partial charge is 0.485 e. The van der Waals surface area contributed by atoms with Gasteiger partial charge in [-0.05, 0) is 12.1 Å². The summed E-state index contributed by atoms with van der Waals surface area (Å²) in [5.74, 6) is 1.05. The number of hydrogen-bond donors (Lipinski definition) is 1. The summed E-state index contributed by atoms with van der Waals surface area (Å²) in [5.41, 5.74) is 1.90. The van der Waals surface area contributed by atoms with Crippen molar-refractivity contribution in [3.8, 4) is 22.1 Å². The van der Waals surface area contributed by atoms with Gasteiger partial charge in [-0.25, -0.2) is 4.98 Å². The molecule has 4 rings (SSSR count). The summed E-state index contributed by atoms with van der Waals surface area (Å²) in [5, 5.41) is 5.76. The number of ether oxygens (including phenoxy) is 2. The summed E-state index contributed by atoms with van der Waals surface area (Å²) in [6, 6.07) is 17.3. The molecule has 1 atom stereocenters. The van der Waals surface area contributed by atoms with Gasteiger partial charge in [0.05, 0.1) is 12.2 Å². The van der Waals surface area contributed by atoms with Crippen molar-refractivity contribution in [3.63, 3.8) is 0 Å². The zero-order chi connectivity index (χ0) is 17.1. The highest BCUT2D eigenvalue weighted by Crippen LogP contribution is 2.31. The first-order valence-corrected chi connectivity index (χ1v) is 8.83. The average Bonchev–Trinajstić information content (AvgIpc) is 3.15. The van der Waals surface area contributed by atoms with E-state index in [1.807, 2.05) is 53.9 Å². The normalized spacial score (nSPS) is 15.6. The Kier molecular flexibility index (Phi) is 4.35. The predicted molar refractivity (Wildman–Crippen MR) is 95.7 cm³/mol. The van der Waals surface area contributed by atoms with Crippen LogP contribution in [-0.4, -0.2) is 23.6 Å². The molecule has 0 radical (unpaired) electrons. The molecule has 1 aliphatic heterocycles. The quantitative estimate of drug-likeness (QED) is 0.783. The average molecular weight is 352 g/mol. The topological polar surface area (TPSA) is 60.5 Å². The van der Waals surface area contributed by atoms with Crippen molar-refractivity contribution in [1.29, 1.82) is 0 Å². The SMILES string of the molecule is O=C(NCc1csc(-c2ccccc2)n1)[C@H]1COc2ccccc2O1. The molecule has 0 spiro atoms. The van der Waals surface area contributed by atoms with Crippen molar-refractivity contribution in [3.05, 3.63) is 65.7 Å². The fourth-order valence-corrected chi connectivity index (χ4v) is 3.37. The van der Waals surface area contributed by atoms with Crippen LogP contribution in [0.15, 0.2) is 60.0 Å². The number of rotatable bonds is 4. The second kappa shape index (κ2) is 6.94. The fourth-order valence-electron chi connectivity index (χ4n) is 2.54. The molecule has 2 heterocycles. The maximum Gasteiger partial charge on any atom is 0.265 e. The van der Waals surface area contributed by atoms with E-state index in [4.69, 9.17) is 9.47 Å². The van der Waals surface area contributed by atoms with Crippen molar-refractivity contribution in [2.45, 2.75) is 12.6 Å². The van der Waals surface area contributed by atoms with Crippen LogP contribution in [0, 0.1) is 0 Å². The van der Waals surface area contributed by atoms with Gasteiger partial charge in [-0.15, -0.1) is 11.3 Å². The second-order valence-electron chi connectivity index (χ2n) is 5.59. The number of nitrogens with zero attached hydrogens (tertiary/aromatic N) is 1. The van der Waals surface area contributed by atoms with Gasteiger partial charge in [-0.3, -0.25) is 4.79 Å². The molecule has 3 aromatic rings. The van der Waals surface area contributed by atoms with Crippen LogP contribution >= 0.6 is 11.3 Å². The zero-order valence-corrected chi connectivity index (χ0v) is 14.2. The van der Waals surface area contributed by atoms with E-state index in [1.54, 1.807) is 17.4 Å². The summed E-state index contributed by atoms with van der Waals surface area (Å²) >= 11 is 1.56. The molecule has 0 saturated heterocycles. The molecule has 1 N–H and O–H groups in total. The van der Waals surface area contributed by atoms with Crippen molar-refractivity contribution in [2.24, 2.45) is 0 Å². The molecule has 25 heavy (non-hydrogen) atoms. The Bertz CT molecular complexity index is 879. The molecule has 1 aromatic heterocycles. The summed E-state index contributed by atoms with van der Waals surface area (Å²) in [7, 11) is 0. The monoisotopic (exact) mass is 352 g/mol. The minimum Gasteiger partial charge on any atom is -0.485 e. The van der Waals surface area contributed by atoms with Crippen molar-refractivity contribution < 1.29 is 14.3 Å². The third kappa shape index (κ3) is 3.49. The van der Waals surface area contributed by atoms with Crippen LogP contribution in [0.2, 0.25) is 0 Å². The van der Waals surface area contributed by atoms with Crippen molar-refractivity contribution in [1.82, 2.24) is 10.3 Å². The number of fused-ring (bicyclic) bond motifs is 1. The molecule has 5 nitrogen and oxygen atoms in total. The Labute approximate surface area is 149 Å². The molecule has 126 valence electrons. The Morgan fingerprint density at radius 2 is 1.88 bits per heavy atom. The summed E-state index contributed by atoms with van der Waals surface area (Å²) in [4.78, 5) is 16.9. The smallest absolute Gasteiger partial charge is 0.265 e. The number of amides is 1. The standard InChI is InChI=1S/C19H16N2O3S/c22-18(17-11-23-15-8-4-5-9-16(15)24-17)20-10-14-12-25-19(21-14)13-6-2-1-3-7-13/h1-9,12,17H,10-11H2,(H,20,22)/t17-/m1/s1. The third-order valence-corrected chi connectivity index (χ3v) is 4.76. The summed E-state index contributed by atoms with van der Waals surface area (Å²) in [6.07, 6.45) is -0.651. The highest BCUT2D eigenvalue weighted by molar-refractivity contribution is 7.13. The van der Waals surface area contributed by atoms with E-state index in [0.717, 1.165) is 16.3 Å². The molecule has 1 aliphatic rings. The van der Waals surface area contributed by atoms with Gasteiger partial charge in [-0.1, -0.05) is 42.5 Å². The first kappa shape index (κ1) is 15.7. The third-order valence-electron chi connectivity index (χ3n) is 3.82. The van der Waals surface area contributed by atoms with Crippen LogP contribution in [0.4, 0.5) is 0 Å². The highest BCUT2D eigenvalue weighted by atomic mass is 32.1. The summed E-state index contributed by atoms with van der Waals surface area (Å²) < 4.78 is 11.3. The van der Waals surface area contributed by atoms with Crippen LogP contribution in [-0.2, 0) is 11.3 Å². The van der Waals surface area contributed by atoms with E-state index in [2.05, 4.69) is 10.3 Å². The van der Waals surface area contributed by atoms with E-state index in [-0.39, 0.29) is 12.5 Å². The number of nitrogens with one attached hydrogen (secondary N) is 1. The lowest BCUT2D eigenvalue weighted by Crippen LogP contribution is -2.43. The molecule has 1 amide bonds. The van der Waals surface area contributed by atoms with Gasteiger partial charge in [-0.2, -0.15) is 0 Å². The molecule has 0 unspecified atom stereocenters. The van der Waals surface area contributed by atoms with E-state index in [9.17, 15) is 4.79 Å². The van der Waals surface area contributed by atoms with E-state index < -0.39 is 6.10 Å². The van der Waals surface area contributed by atoms with Crippen LogP contribution in [0.5, 0.6) is 11.5 Å². The van der Waals surface area contributed by atoms with Crippen LogP contribution in [0.3, 0.4) is 0 Å². The minimum absolute atomic E-state index is 0.204. The maximum absolute atomic E-state index is 12.3. The van der Waals surface area contributed by atoms with Gasteiger partial charge in [0.15, 0.2) is 11.5 Å². The molecule has 0 fully saturated rings. The predicted octanol–water partition coefficient (Wildman–Crippen LogP) is 3.27. The lowest BCUT2D eigenvalue weighted by atomic mass is 10.2. The summed E-state index contributed by atoms with van der Waals surface area (Å²) in [6.45, 7) is 0.568. The number of aromatic nitrogens is 1. The van der Waals surface area contributed by atoms with Crippen LogP contribution in [0.1, 0.15) is 5.69 Å². The first-order chi connectivity index (χ1) is 12.3. The molecule has 0 bridgehead atoms. The van der Waals surface area contributed by atoms with Crippen molar-refractivity contribution >= 4 is 17.2 Å². The lowest BCUT2D eigenvalue weighted by Gasteiger charge is -2.25. The van der Waals surface area contributed by atoms with Gasteiger partial charge in [0, 0.05) is 10.9 Å². The Hall–Kier alpha value is -2.86. The van der Waals surface area contributed by atoms with Crippen LogP contribution in [0.25, 0.3) is 10.6 Å². The second-order valence-corrected chi connectivity index (χ2v) is 6.45. The maximum atomic E-state index is 12.3. The number of benzene rings is 2. The lowest BCUT2D eigenvalue weighted by molar-refractivity contribution is -0.130. The molecular weight excluding hydrogens is 336 g/mol. The molecule has 6 heteroatoms. The molecular formula is C19H16N2O3S. The first-order valence-electron chi connectivity index (χ1n) is 7.95. The number of carbonyl (C=O) groups is 1. The van der Waals surface area contributed by atoms with E-state index >= 15 is 0 Å². The van der Waals surface area contributed by atoms with Gasteiger partial charge < -0.3 is 14.8 Å². The van der Waals surface area contributed by atoms with Crippen molar-refractivity contribution in [2.75, 3.05) is 6.61 Å². The minimum atomic E-state index is -0.651. The number of para-hydroxylation sites is 2. The van der Waals surface area contributed by atoms with Gasteiger partial charge in [0.2, 0.25) is 6.10 Å². The molecule has 0 aliphatic carbocycles. The van der Waals surface area contributed by atoms with Gasteiger partial charge in [0.25, 0.3) is 5.91 Å².